The summed E-state index contributed by atoms with van der Waals surface area (Å²) in [6, 6.07) is 24.3. The fourth-order valence-electron chi connectivity index (χ4n) is 4.03. The van der Waals surface area contributed by atoms with Crippen LogP contribution in [0.2, 0.25) is 0 Å². The highest BCUT2D eigenvalue weighted by Gasteiger charge is 2.42. The Bertz CT molecular complexity index is 1020. The van der Waals surface area contributed by atoms with Gasteiger partial charge in [-0.3, -0.25) is 9.78 Å². The summed E-state index contributed by atoms with van der Waals surface area (Å²) in [7, 11) is 0. The Balaban J connectivity index is 1.67. The van der Waals surface area contributed by atoms with E-state index in [0.717, 1.165) is 12.1 Å². The summed E-state index contributed by atoms with van der Waals surface area (Å²) >= 11 is 0. The first-order valence-electron chi connectivity index (χ1n) is 10.2. The molecule has 152 valence electrons. The largest absolute Gasteiger partial charge is 0.302 e. The minimum Gasteiger partial charge on any atom is -0.302 e. The standard InChI is InChI=1S/C25H26N4O/c1-25(2)22(28-29-24(30)20-13-15-26-16-14-20)17-21(18-9-5-3-6-10-18)27-23(25)19-11-7-4-8-12-19/h3-16,21,23,27H,17H2,1-2H3,(H,29,30)/b28-22+/t21-,23-/m0/s1. The molecule has 30 heavy (non-hydrogen) atoms. The molecule has 2 N–H and O–H groups in total. The van der Waals surface area contributed by atoms with E-state index in [0.29, 0.717) is 5.56 Å². The number of carbonyl (C=O) groups is 1. The van der Waals surface area contributed by atoms with Crippen molar-refractivity contribution < 1.29 is 4.79 Å². The Kier molecular flexibility index (Phi) is 5.72. The lowest BCUT2D eigenvalue weighted by atomic mass is 9.70. The summed E-state index contributed by atoms with van der Waals surface area (Å²) in [5, 5.41) is 8.44. The van der Waals surface area contributed by atoms with E-state index in [1.54, 1.807) is 24.5 Å². The number of pyridine rings is 1. The first-order chi connectivity index (χ1) is 14.6. The van der Waals surface area contributed by atoms with Crippen molar-refractivity contribution in [1.29, 1.82) is 0 Å². The highest BCUT2D eigenvalue weighted by Crippen LogP contribution is 2.43. The smallest absolute Gasteiger partial charge is 0.271 e. The van der Waals surface area contributed by atoms with E-state index in [1.807, 2.05) is 12.1 Å². The second-order valence-corrected chi connectivity index (χ2v) is 8.13. The maximum atomic E-state index is 12.5. The number of hydrogen-bond acceptors (Lipinski definition) is 4. The van der Waals surface area contributed by atoms with Gasteiger partial charge in [0.15, 0.2) is 0 Å². The molecule has 0 spiro atoms. The van der Waals surface area contributed by atoms with Crippen LogP contribution in [0.5, 0.6) is 0 Å². The van der Waals surface area contributed by atoms with Crippen LogP contribution in [0.15, 0.2) is 90.3 Å². The topological polar surface area (TPSA) is 66.4 Å². The van der Waals surface area contributed by atoms with Crippen molar-refractivity contribution in [3.05, 3.63) is 102 Å². The number of aromatic nitrogens is 1. The van der Waals surface area contributed by atoms with Gasteiger partial charge in [0.1, 0.15) is 0 Å². The molecule has 1 aliphatic rings. The van der Waals surface area contributed by atoms with Gasteiger partial charge in [-0.1, -0.05) is 74.5 Å². The monoisotopic (exact) mass is 398 g/mol. The second kappa shape index (κ2) is 8.59. The zero-order valence-electron chi connectivity index (χ0n) is 17.2. The Labute approximate surface area is 177 Å². The van der Waals surface area contributed by atoms with E-state index in [4.69, 9.17) is 0 Å². The highest BCUT2D eigenvalue weighted by atomic mass is 16.2. The molecule has 0 unspecified atom stereocenters. The van der Waals surface area contributed by atoms with Crippen LogP contribution in [0.25, 0.3) is 0 Å². The Morgan fingerprint density at radius 1 is 0.967 bits per heavy atom. The molecular formula is C25H26N4O. The molecule has 0 radical (unpaired) electrons. The summed E-state index contributed by atoms with van der Waals surface area (Å²) in [6.45, 7) is 4.35. The van der Waals surface area contributed by atoms with Gasteiger partial charge in [0.2, 0.25) is 0 Å². The molecule has 1 saturated heterocycles. The molecule has 1 amide bonds. The Morgan fingerprint density at radius 2 is 1.57 bits per heavy atom. The van der Waals surface area contributed by atoms with E-state index >= 15 is 0 Å². The number of nitrogens with one attached hydrogen (secondary N) is 2. The van der Waals surface area contributed by atoms with Crippen molar-refractivity contribution >= 4 is 11.6 Å². The average Bonchev–Trinajstić information content (AvgIpc) is 2.79. The molecular weight excluding hydrogens is 372 g/mol. The van der Waals surface area contributed by atoms with Crippen LogP contribution < -0.4 is 10.7 Å². The molecule has 5 heteroatoms. The van der Waals surface area contributed by atoms with Crippen LogP contribution in [0.4, 0.5) is 0 Å². The zero-order valence-corrected chi connectivity index (χ0v) is 17.2. The first kappa shape index (κ1) is 20.0. The molecule has 2 atom stereocenters. The number of hydrazone groups is 1. The third-order valence-electron chi connectivity index (χ3n) is 5.80. The highest BCUT2D eigenvalue weighted by molar-refractivity contribution is 5.97. The molecule has 4 rings (SSSR count). The number of nitrogens with zero attached hydrogens (tertiary/aromatic N) is 2. The van der Waals surface area contributed by atoms with Crippen LogP contribution >= 0.6 is 0 Å². The third-order valence-corrected chi connectivity index (χ3v) is 5.80. The number of carbonyl (C=O) groups excluding carboxylic acids is 1. The van der Waals surface area contributed by atoms with Crippen molar-refractivity contribution in [2.75, 3.05) is 0 Å². The normalized spacial score (nSPS) is 21.9. The fourth-order valence-corrected chi connectivity index (χ4v) is 4.03. The molecule has 1 aliphatic heterocycles. The maximum Gasteiger partial charge on any atom is 0.271 e. The van der Waals surface area contributed by atoms with Crippen LogP contribution in [-0.4, -0.2) is 16.6 Å². The second-order valence-electron chi connectivity index (χ2n) is 8.13. The van der Waals surface area contributed by atoms with Crippen LogP contribution in [0.1, 0.15) is 53.8 Å². The van der Waals surface area contributed by atoms with Gasteiger partial charge in [-0.15, -0.1) is 0 Å². The molecule has 0 bridgehead atoms. The van der Waals surface area contributed by atoms with Crippen molar-refractivity contribution in [2.45, 2.75) is 32.4 Å². The number of amides is 1. The van der Waals surface area contributed by atoms with Crippen LogP contribution in [0.3, 0.4) is 0 Å². The van der Waals surface area contributed by atoms with Crippen molar-refractivity contribution in [3.8, 4) is 0 Å². The zero-order chi connectivity index (χ0) is 21.0. The maximum absolute atomic E-state index is 12.5. The minimum atomic E-state index is -0.280. The van der Waals surface area contributed by atoms with Crippen molar-refractivity contribution in [2.24, 2.45) is 10.5 Å². The third kappa shape index (κ3) is 4.16. The summed E-state index contributed by atoms with van der Waals surface area (Å²) < 4.78 is 0. The number of piperidine rings is 1. The van der Waals surface area contributed by atoms with Gasteiger partial charge in [-0.2, -0.15) is 5.10 Å². The molecule has 5 nitrogen and oxygen atoms in total. The molecule has 1 fully saturated rings. The predicted octanol–water partition coefficient (Wildman–Crippen LogP) is 4.67. The fraction of sp³-hybridized carbons (Fsp3) is 0.240. The Morgan fingerprint density at radius 3 is 2.20 bits per heavy atom. The summed E-state index contributed by atoms with van der Waals surface area (Å²) in [6.07, 6.45) is 3.93. The van der Waals surface area contributed by atoms with Gasteiger partial charge in [-0.05, 0) is 23.3 Å². The van der Waals surface area contributed by atoms with E-state index in [9.17, 15) is 4.79 Å². The summed E-state index contributed by atoms with van der Waals surface area (Å²) in [5.41, 5.74) is 6.40. The number of rotatable bonds is 4. The molecule has 1 aromatic heterocycles. The molecule has 2 heterocycles. The predicted molar refractivity (Wildman–Crippen MR) is 119 cm³/mol. The SMILES string of the molecule is CC1(C)/C(=N/NC(=O)c2ccncc2)C[C@@H](c2ccccc2)N[C@H]1c1ccccc1. The van der Waals surface area contributed by atoms with Gasteiger partial charge in [0, 0.05) is 47.6 Å². The molecule has 2 aromatic carbocycles. The van der Waals surface area contributed by atoms with E-state index in [1.165, 1.54) is 11.1 Å². The van der Waals surface area contributed by atoms with Gasteiger partial charge in [0.05, 0.1) is 0 Å². The van der Waals surface area contributed by atoms with Gasteiger partial charge in [-0.25, -0.2) is 5.43 Å². The van der Waals surface area contributed by atoms with Gasteiger partial charge in [0.25, 0.3) is 5.91 Å². The van der Waals surface area contributed by atoms with E-state index in [-0.39, 0.29) is 23.4 Å². The lowest BCUT2D eigenvalue weighted by molar-refractivity contribution is 0.0953. The van der Waals surface area contributed by atoms with Crippen molar-refractivity contribution in [3.63, 3.8) is 0 Å². The van der Waals surface area contributed by atoms with E-state index < -0.39 is 0 Å². The number of hydrogen-bond donors (Lipinski definition) is 2. The summed E-state index contributed by atoms with van der Waals surface area (Å²) in [4.78, 5) is 16.5. The van der Waals surface area contributed by atoms with E-state index in [2.05, 4.69) is 83.2 Å². The Hall–Kier alpha value is -3.31. The molecule has 3 aromatic rings. The first-order valence-corrected chi connectivity index (χ1v) is 10.2. The molecule has 0 aliphatic carbocycles. The lowest BCUT2D eigenvalue weighted by Crippen LogP contribution is -2.48. The minimum absolute atomic E-state index is 0.0641. The number of benzene rings is 2. The van der Waals surface area contributed by atoms with Crippen LogP contribution in [-0.2, 0) is 0 Å². The lowest BCUT2D eigenvalue weighted by Gasteiger charge is -2.44. The average molecular weight is 399 g/mol. The summed E-state index contributed by atoms with van der Waals surface area (Å²) in [5.74, 6) is -0.230. The van der Waals surface area contributed by atoms with Crippen LogP contribution in [0, 0.1) is 5.41 Å². The quantitative estimate of drug-likeness (QED) is 0.628. The van der Waals surface area contributed by atoms with Crippen molar-refractivity contribution in [1.82, 2.24) is 15.7 Å². The van der Waals surface area contributed by atoms with Gasteiger partial charge >= 0.3 is 0 Å². The molecule has 0 saturated carbocycles. The van der Waals surface area contributed by atoms with Gasteiger partial charge < -0.3 is 5.32 Å².